The minimum absolute atomic E-state index is 0.128. The van der Waals surface area contributed by atoms with E-state index >= 15 is 0 Å². The maximum Gasteiger partial charge on any atom is 0.123 e. The molecule has 1 nitrogen and oxygen atoms in total. The van der Waals surface area contributed by atoms with Crippen molar-refractivity contribution in [3.05, 3.63) is 35.6 Å². The highest BCUT2D eigenvalue weighted by atomic mass is 19.1. The molecule has 1 N–H and O–H groups in total. The highest BCUT2D eigenvalue weighted by Gasteiger charge is 2.36. The minimum atomic E-state index is -0.128. The minimum Gasteiger partial charge on any atom is -0.313 e. The molecule has 0 heterocycles. The largest absolute Gasteiger partial charge is 0.313 e. The van der Waals surface area contributed by atoms with Crippen molar-refractivity contribution in [2.45, 2.75) is 50.0 Å². The van der Waals surface area contributed by atoms with Crippen LogP contribution in [0.3, 0.4) is 0 Å². The molecule has 92 valence electrons. The van der Waals surface area contributed by atoms with Gasteiger partial charge in [0.1, 0.15) is 5.82 Å². The molecule has 0 radical (unpaired) electrons. The molecule has 0 spiro atoms. The van der Waals surface area contributed by atoms with Crippen LogP contribution in [0, 0.1) is 5.82 Å². The fraction of sp³-hybridized carbons (Fsp3) is 0.600. The number of hydrogen-bond acceptors (Lipinski definition) is 1. The maximum absolute atomic E-state index is 13.0. The summed E-state index contributed by atoms with van der Waals surface area (Å²) < 4.78 is 13.0. The predicted molar refractivity (Wildman–Crippen MR) is 67.6 cm³/mol. The molecule has 0 atom stereocenters. The first-order chi connectivity index (χ1) is 8.28. The van der Waals surface area contributed by atoms with Gasteiger partial charge in [-0.3, -0.25) is 0 Å². The van der Waals surface area contributed by atoms with Gasteiger partial charge in [0.2, 0.25) is 0 Å². The molecular formula is C15H20FN. The van der Waals surface area contributed by atoms with E-state index in [1.165, 1.54) is 44.1 Å². The van der Waals surface area contributed by atoms with E-state index in [4.69, 9.17) is 0 Å². The lowest BCUT2D eigenvalue weighted by Crippen LogP contribution is -2.36. The molecular weight excluding hydrogens is 213 g/mol. The van der Waals surface area contributed by atoms with Crippen molar-refractivity contribution in [1.29, 1.82) is 0 Å². The third kappa shape index (κ3) is 2.37. The summed E-state index contributed by atoms with van der Waals surface area (Å²) in [5.41, 5.74) is 1.60. The van der Waals surface area contributed by atoms with Gasteiger partial charge in [0.05, 0.1) is 0 Å². The summed E-state index contributed by atoms with van der Waals surface area (Å²) >= 11 is 0. The van der Waals surface area contributed by atoms with Crippen LogP contribution in [0.1, 0.15) is 44.1 Å². The van der Waals surface area contributed by atoms with Crippen LogP contribution in [0.4, 0.5) is 4.39 Å². The van der Waals surface area contributed by atoms with Crippen LogP contribution in [0.2, 0.25) is 0 Å². The van der Waals surface area contributed by atoms with Gasteiger partial charge in [0.25, 0.3) is 0 Å². The molecule has 0 bridgehead atoms. The van der Waals surface area contributed by atoms with E-state index in [1.54, 1.807) is 12.1 Å². The smallest absolute Gasteiger partial charge is 0.123 e. The van der Waals surface area contributed by atoms with Crippen LogP contribution < -0.4 is 5.32 Å². The van der Waals surface area contributed by atoms with Crippen LogP contribution in [0.5, 0.6) is 0 Å². The second-order valence-corrected chi connectivity index (χ2v) is 5.65. The van der Waals surface area contributed by atoms with Crippen LogP contribution in [0.25, 0.3) is 0 Å². The summed E-state index contributed by atoms with van der Waals surface area (Å²) in [7, 11) is 0. The molecule has 0 aromatic heterocycles. The van der Waals surface area contributed by atoms with Crippen molar-refractivity contribution >= 4 is 0 Å². The lowest BCUT2D eigenvalue weighted by Gasteiger charge is -2.30. The summed E-state index contributed by atoms with van der Waals surface area (Å²) in [4.78, 5) is 0. The highest BCUT2D eigenvalue weighted by Crippen LogP contribution is 2.41. The Kier molecular flexibility index (Phi) is 2.91. The SMILES string of the molecule is Fc1ccc(C2(CNC3CC3)CCCC2)cc1. The molecule has 0 saturated heterocycles. The molecule has 2 fully saturated rings. The fourth-order valence-electron chi connectivity index (χ4n) is 3.05. The zero-order valence-electron chi connectivity index (χ0n) is 10.2. The van der Waals surface area contributed by atoms with Crippen molar-refractivity contribution in [1.82, 2.24) is 5.32 Å². The van der Waals surface area contributed by atoms with E-state index in [0.717, 1.165) is 12.6 Å². The van der Waals surface area contributed by atoms with Crippen molar-refractivity contribution in [3.63, 3.8) is 0 Å². The van der Waals surface area contributed by atoms with Gasteiger partial charge >= 0.3 is 0 Å². The Hall–Kier alpha value is -0.890. The summed E-state index contributed by atoms with van der Waals surface area (Å²) in [6.45, 7) is 1.07. The molecule has 0 amide bonds. The first-order valence-corrected chi connectivity index (χ1v) is 6.78. The van der Waals surface area contributed by atoms with Crippen molar-refractivity contribution in [2.24, 2.45) is 0 Å². The fourth-order valence-corrected chi connectivity index (χ4v) is 3.05. The lowest BCUT2D eigenvalue weighted by molar-refractivity contribution is 0.403. The molecule has 0 unspecified atom stereocenters. The molecule has 2 heteroatoms. The van der Waals surface area contributed by atoms with E-state index < -0.39 is 0 Å². The Bertz CT molecular complexity index is 374. The number of halogens is 1. The van der Waals surface area contributed by atoms with Crippen LogP contribution in [0.15, 0.2) is 24.3 Å². The van der Waals surface area contributed by atoms with Gasteiger partial charge < -0.3 is 5.32 Å². The van der Waals surface area contributed by atoms with E-state index in [9.17, 15) is 4.39 Å². The van der Waals surface area contributed by atoms with Gasteiger partial charge in [-0.15, -0.1) is 0 Å². The molecule has 2 saturated carbocycles. The van der Waals surface area contributed by atoms with Gasteiger partial charge in [-0.25, -0.2) is 4.39 Å². The zero-order chi connectivity index (χ0) is 11.7. The van der Waals surface area contributed by atoms with E-state index in [-0.39, 0.29) is 11.2 Å². The van der Waals surface area contributed by atoms with Gasteiger partial charge in [-0.2, -0.15) is 0 Å². The maximum atomic E-state index is 13.0. The molecule has 1 aromatic carbocycles. The number of benzene rings is 1. The molecule has 2 aliphatic carbocycles. The predicted octanol–water partition coefficient (Wildman–Crippen LogP) is 3.39. The molecule has 2 aliphatic rings. The standard InChI is InChI=1S/C15H20FN/c16-13-5-3-12(4-6-13)15(9-1-2-10-15)11-17-14-7-8-14/h3-6,14,17H,1-2,7-11H2. The summed E-state index contributed by atoms with van der Waals surface area (Å²) in [6.07, 6.45) is 7.78. The Balaban J connectivity index is 1.79. The van der Waals surface area contributed by atoms with Gasteiger partial charge in [0, 0.05) is 18.0 Å². The van der Waals surface area contributed by atoms with Crippen molar-refractivity contribution in [3.8, 4) is 0 Å². The molecule has 0 aliphatic heterocycles. The molecule has 1 aromatic rings. The van der Waals surface area contributed by atoms with Crippen molar-refractivity contribution < 1.29 is 4.39 Å². The second-order valence-electron chi connectivity index (χ2n) is 5.65. The van der Waals surface area contributed by atoms with Crippen molar-refractivity contribution in [2.75, 3.05) is 6.54 Å². The van der Waals surface area contributed by atoms with Gasteiger partial charge in [-0.1, -0.05) is 25.0 Å². The summed E-state index contributed by atoms with van der Waals surface area (Å²) in [5, 5.41) is 3.66. The Morgan fingerprint density at radius 3 is 2.35 bits per heavy atom. The Morgan fingerprint density at radius 1 is 1.12 bits per heavy atom. The van der Waals surface area contributed by atoms with E-state index in [1.807, 2.05) is 12.1 Å². The third-order valence-corrected chi connectivity index (χ3v) is 4.32. The molecule has 17 heavy (non-hydrogen) atoms. The average Bonchev–Trinajstić information content (AvgIpc) is 3.06. The summed E-state index contributed by atoms with van der Waals surface area (Å²) in [5.74, 6) is -0.128. The average molecular weight is 233 g/mol. The second kappa shape index (κ2) is 4.41. The third-order valence-electron chi connectivity index (χ3n) is 4.32. The normalized spacial score (nSPS) is 22.9. The quantitative estimate of drug-likeness (QED) is 0.840. The van der Waals surface area contributed by atoms with Crippen LogP contribution in [-0.2, 0) is 5.41 Å². The first kappa shape index (κ1) is 11.2. The zero-order valence-corrected chi connectivity index (χ0v) is 10.2. The van der Waals surface area contributed by atoms with Gasteiger partial charge in [0.15, 0.2) is 0 Å². The number of hydrogen-bond donors (Lipinski definition) is 1. The Morgan fingerprint density at radius 2 is 1.76 bits per heavy atom. The highest BCUT2D eigenvalue weighted by molar-refractivity contribution is 5.28. The number of rotatable bonds is 4. The van der Waals surface area contributed by atoms with Crippen LogP contribution in [-0.4, -0.2) is 12.6 Å². The van der Waals surface area contributed by atoms with E-state index in [0.29, 0.717) is 0 Å². The Labute approximate surface area is 102 Å². The van der Waals surface area contributed by atoms with Crippen LogP contribution >= 0.6 is 0 Å². The van der Waals surface area contributed by atoms with Gasteiger partial charge in [-0.05, 0) is 43.4 Å². The summed E-state index contributed by atoms with van der Waals surface area (Å²) in [6, 6.07) is 7.93. The monoisotopic (exact) mass is 233 g/mol. The molecule has 3 rings (SSSR count). The lowest BCUT2D eigenvalue weighted by atomic mass is 9.79. The van der Waals surface area contributed by atoms with E-state index in [2.05, 4.69) is 5.32 Å². The first-order valence-electron chi connectivity index (χ1n) is 6.78. The topological polar surface area (TPSA) is 12.0 Å². The number of nitrogens with one attached hydrogen (secondary N) is 1.